The fraction of sp³-hybridized carbons (Fsp3) is 0.769. The van der Waals surface area contributed by atoms with E-state index in [1.54, 1.807) is 16.9 Å². The monoisotopic (exact) mass is 283 g/mol. The van der Waals surface area contributed by atoms with Crippen molar-refractivity contribution in [3.05, 3.63) is 0 Å². The summed E-state index contributed by atoms with van der Waals surface area (Å²) in [6.07, 6.45) is 1.09. The Labute approximate surface area is 118 Å². The number of aliphatic carboxylic acids is 1. The Morgan fingerprint density at radius 1 is 1.50 bits per heavy atom. The van der Waals surface area contributed by atoms with Crippen LogP contribution in [0.3, 0.4) is 0 Å². The molecule has 0 aromatic carbocycles. The average molecular weight is 283 g/mol. The van der Waals surface area contributed by atoms with Gasteiger partial charge >= 0.3 is 12.0 Å². The normalized spacial score (nSPS) is 17.8. The van der Waals surface area contributed by atoms with Gasteiger partial charge in [0.2, 0.25) is 0 Å². The molecule has 0 aromatic heterocycles. The zero-order valence-electron chi connectivity index (χ0n) is 11.7. The van der Waals surface area contributed by atoms with E-state index in [9.17, 15) is 9.59 Å². The van der Waals surface area contributed by atoms with Gasteiger partial charge in [0.25, 0.3) is 0 Å². The maximum Gasteiger partial charge on any atom is 0.320 e. The van der Waals surface area contributed by atoms with Gasteiger partial charge in [0.1, 0.15) is 0 Å². The fourth-order valence-electron chi connectivity index (χ4n) is 2.31. The molecule has 0 aliphatic carbocycles. The Hall–Kier alpha value is -1.81. The lowest BCUT2D eigenvalue weighted by molar-refractivity contribution is -0.138. The van der Waals surface area contributed by atoms with Crippen LogP contribution in [-0.4, -0.2) is 66.8 Å². The van der Waals surface area contributed by atoms with Crippen molar-refractivity contribution >= 4 is 12.0 Å². The molecule has 1 saturated heterocycles. The molecule has 0 aromatic rings. The number of methoxy groups -OCH3 is 1. The molecular weight excluding hydrogens is 262 g/mol. The largest absolute Gasteiger partial charge is 0.481 e. The Kier molecular flexibility index (Phi) is 6.81. The molecule has 1 heterocycles. The van der Waals surface area contributed by atoms with Crippen molar-refractivity contribution in [2.24, 2.45) is 5.92 Å². The van der Waals surface area contributed by atoms with Crippen LogP contribution in [0.5, 0.6) is 0 Å². The third-order valence-electron chi connectivity index (χ3n) is 3.35. The highest BCUT2D eigenvalue weighted by atomic mass is 16.5. The van der Waals surface area contributed by atoms with Crippen molar-refractivity contribution in [3.63, 3.8) is 0 Å². The first-order valence-corrected chi connectivity index (χ1v) is 6.70. The summed E-state index contributed by atoms with van der Waals surface area (Å²) in [6, 6.07) is 1.89. The van der Waals surface area contributed by atoms with Crippen molar-refractivity contribution in [1.82, 2.24) is 9.80 Å². The van der Waals surface area contributed by atoms with E-state index in [1.165, 1.54) is 0 Å². The lowest BCUT2D eigenvalue weighted by atomic mass is 10.1. The first-order chi connectivity index (χ1) is 9.58. The van der Waals surface area contributed by atoms with E-state index in [-0.39, 0.29) is 24.8 Å². The number of carbonyl (C=O) groups is 2. The summed E-state index contributed by atoms with van der Waals surface area (Å²) in [5, 5.41) is 17.4. The van der Waals surface area contributed by atoms with Gasteiger partial charge in [0, 0.05) is 39.7 Å². The molecule has 2 amide bonds. The van der Waals surface area contributed by atoms with Gasteiger partial charge in [-0.15, -0.1) is 0 Å². The number of rotatable bonds is 7. The van der Waals surface area contributed by atoms with Gasteiger partial charge in [-0.2, -0.15) is 5.26 Å². The first kappa shape index (κ1) is 16.2. The van der Waals surface area contributed by atoms with E-state index in [1.807, 2.05) is 6.07 Å². The molecule has 1 aliphatic rings. The van der Waals surface area contributed by atoms with Crippen LogP contribution in [-0.2, 0) is 9.53 Å². The minimum Gasteiger partial charge on any atom is -0.481 e. The topological polar surface area (TPSA) is 93.9 Å². The quantitative estimate of drug-likeness (QED) is 0.744. The summed E-state index contributed by atoms with van der Waals surface area (Å²) in [5.74, 6) is -0.804. The highest BCUT2D eigenvalue weighted by molar-refractivity contribution is 5.75. The second-order valence-electron chi connectivity index (χ2n) is 4.87. The van der Waals surface area contributed by atoms with Crippen LogP contribution < -0.4 is 0 Å². The summed E-state index contributed by atoms with van der Waals surface area (Å²) in [6.45, 7) is 2.29. The van der Waals surface area contributed by atoms with E-state index in [0.717, 1.165) is 0 Å². The van der Waals surface area contributed by atoms with Crippen LogP contribution in [0.25, 0.3) is 0 Å². The second-order valence-corrected chi connectivity index (χ2v) is 4.87. The van der Waals surface area contributed by atoms with E-state index in [2.05, 4.69) is 0 Å². The number of carboxylic acid groups (broad SMARTS) is 1. The highest BCUT2D eigenvalue weighted by Crippen LogP contribution is 2.20. The Morgan fingerprint density at radius 2 is 2.25 bits per heavy atom. The molecule has 1 aliphatic heterocycles. The standard InChI is InChI=1S/C13H21N3O4/c1-20-8-7-15(5-2-4-14)13(19)16-6-3-11(10-16)9-12(17)18/h11H,2-3,5-10H2,1H3,(H,17,18). The van der Waals surface area contributed by atoms with Crippen molar-refractivity contribution in [3.8, 4) is 6.07 Å². The Bertz CT molecular complexity index is 380. The predicted octanol–water partition coefficient (Wildman–Crippen LogP) is 0.765. The number of carbonyl (C=O) groups excluding carboxylic acids is 1. The molecule has 0 spiro atoms. The van der Waals surface area contributed by atoms with Crippen LogP contribution in [0, 0.1) is 17.2 Å². The SMILES string of the molecule is COCCN(CCC#N)C(=O)N1CCC(CC(=O)O)C1. The number of ether oxygens (including phenoxy) is 1. The molecule has 7 nitrogen and oxygen atoms in total. The molecule has 112 valence electrons. The number of hydrogen-bond acceptors (Lipinski definition) is 4. The molecule has 1 atom stereocenters. The second kappa shape index (κ2) is 8.38. The summed E-state index contributed by atoms with van der Waals surface area (Å²) in [4.78, 5) is 26.3. The number of amides is 2. The van der Waals surface area contributed by atoms with Gasteiger partial charge in [-0.1, -0.05) is 0 Å². The summed E-state index contributed by atoms with van der Waals surface area (Å²) in [5.41, 5.74) is 0. The van der Waals surface area contributed by atoms with Crippen LogP contribution in [0.15, 0.2) is 0 Å². The zero-order valence-corrected chi connectivity index (χ0v) is 11.7. The van der Waals surface area contributed by atoms with Crippen LogP contribution in [0.1, 0.15) is 19.3 Å². The number of urea groups is 1. The third-order valence-corrected chi connectivity index (χ3v) is 3.35. The van der Waals surface area contributed by atoms with E-state index < -0.39 is 5.97 Å². The number of nitrogens with zero attached hydrogens (tertiary/aromatic N) is 3. The molecule has 0 radical (unpaired) electrons. The van der Waals surface area contributed by atoms with Crippen LogP contribution in [0.4, 0.5) is 4.79 Å². The Morgan fingerprint density at radius 3 is 2.85 bits per heavy atom. The molecule has 0 saturated carbocycles. The zero-order chi connectivity index (χ0) is 15.0. The van der Waals surface area contributed by atoms with Crippen molar-refractivity contribution in [2.45, 2.75) is 19.3 Å². The van der Waals surface area contributed by atoms with Gasteiger partial charge < -0.3 is 19.6 Å². The number of carboxylic acids is 1. The third kappa shape index (κ3) is 5.05. The highest BCUT2D eigenvalue weighted by Gasteiger charge is 2.30. The van der Waals surface area contributed by atoms with E-state index >= 15 is 0 Å². The maximum absolute atomic E-state index is 12.3. The molecule has 1 rings (SSSR count). The number of hydrogen-bond donors (Lipinski definition) is 1. The van der Waals surface area contributed by atoms with Gasteiger partial charge in [-0.05, 0) is 12.3 Å². The average Bonchev–Trinajstić information content (AvgIpc) is 2.86. The minimum absolute atomic E-state index is 0.0247. The van der Waals surface area contributed by atoms with Gasteiger partial charge in [0.05, 0.1) is 19.1 Å². The summed E-state index contributed by atoms with van der Waals surface area (Å²) in [7, 11) is 1.56. The molecule has 7 heteroatoms. The maximum atomic E-state index is 12.3. The van der Waals surface area contributed by atoms with Crippen LogP contribution >= 0.6 is 0 Å². The van der Waals surface area contributed by atoms with E-state index in [4.69, 9.17) is 15.1 Å². The fourth-order valence-corrected chi connectivity index (χ4v) is 2.31. The molecular formula is C13H21N3O4. The number of nitriles is 1. The summed E-state index contributed by atoms with van der Waals surface area (Å²) >= 11 is 0. The van der Waals surface area contributed by atoms with Crippen molar-refractivity contribution in [2.75, 3.05) is 39.9 Å². The van der Waals surface area contributed by atoms with Gasteiger partial charge in [0.15, 0.2) is 0 Å². The van der Waals surface area contributed by atoms with Crippen molar-refractivity contribution < 1.29 is 19.4 Å². The predicted molar refractivity (Wildman–Crippen MR) is 71.0 cm³/mol. The lowest BCUT2D eigenvalue weighted by Gasteiger charge is -2.27. The first-order valence-electron chi connectivity index (χ1n) is 6.70. The molecule has 20 heavy (non-hydrogen) atoms. The van der Waals surface area contributed by atoms with Crippen molar-refractivity contribution in [1.29, 1.82) is 5.26 Å². The summed E-state index contributed by atoms with van der Waals surface area (Å²) < 4.78 is 4.97. The molecule has 1 N–H and O–H groups in total. The number of likely N-dealkylation sites (tertiary alicyclic amines) is 1. The lowest BCUT2D eigenvalue weighted by Crippen LogP contribution is -2.44. The van der Waals surface area contributed by atoms with Crippen LogP contribution in [0.2, 0.25) is 0 Å². The molecule has 1 unspecified atom stereocenters. The van der Waals surface area contributed by atoms with Gasteiger partial charge in [-0.25, -0.2) is 4.79 Å². The molecule has 0 bridgehead atoms. The minimum atomic E-state index is -0.829. The molecule has 1 fully saturated rings. The Balaban J connectivity index is 2.52. The van der Waals surface area contributed by atoms with E-state index in [0.29, 0.717) is 39.2 Å². The van der Waals surface area contributed by atoms with Gasteiger partial charge in [-0.3, -0.25) is 4.79 Å². The smallest absolute Gasteiger partial charge is 0.320 e.